The van der Waals surface area contributed by atoms with Crippen molar-refractivity contribution in [1.29, 1.82) is 0 Å². The number of hydrogen-bond donors (Lipinski definition) is 0. The molecule has 0 saturated heterocycles. The maximum atomic E-state index is 13.3. The van der Waals surface area contributed by atoms with Gasteiger partial charge in [0.25, 0.3) is 0 Å². The summed E-state index contributed by atoms with van der Waals surface area (Å²) in [5.74, 6) is -0.227. The molecule has 0 fully saturated rings. The van der Waals surface area contributed by atoms with Gasteiger partial charge in [-0.1, -0.05) is 191 Å². The minimum Gasteiger partial charge on any atom is -0.458 e. The van der Waals surface area contributed by atoms with E-state index in [0.717, 1.165) is 109 Å². The SMILES string of the molecule is CCCCC/C=C\C/C=C\CCCCCCCC(=O)O[C@@H](CCCCCCCCN(C)C)[C@@H](CCCCCCCC)OC(=O)CCCCCCC/C=C\C/C=C\CCCCC. The zero-order valence-electron chi connectivity index (χ0n) is 41.4. The minimum atomic E-state index is -0.344. The minimum absolute atomic E-state index is 0.114. The summed E-state index contributed by atoms with van der Waals surface area (Å²) in [6.07, 6.45) is 60.1. The maximum Gasteiger partial charge on any atom is 0.306 e. The monoisotopic (exact) mass is 854 g/mol. The van der Waals surface area contributed by atoms with Gasteiger partial charge in [0, 0.05) is 12.8 Å². The number of carbonyl (C=O) groups is 2. The summed E-state index contributed by atoms with van der Waals surface area (Å²) < 4.78 is 12.6. The first-order valence-corrected chi connectivity index (χ1v) is 26.6. The summed E-state index contributed by atoms with van der Waals surface area (Å²) in [7, 11) is 4.28. The Bertz CT molecular complexity index is 1050. The molecule has 0 aliphatic rings. The topological polar surface area (TPSA) is 55.8 Å². The highest BCUT2D eigenvalue weighted by Crippen LogP contribution is 2.23. The van der Waals surface area contributed by atoms with E-state index in [9.17, 15) is 9.59 Å². The van der Waals surface area contributed by atoms with Crippen molar-refractivity contribution in [1.82, 2.24) is 4.90 Å². The summed E-state index contributed by atoms with van der Waals surface area (Å²) in [5.41, 5.74) is 0. The van der Waals surface area contributed by atoms with Gasteiger partial charge in [0.05, 0.1) is 0 Å². The highest BCUT2D eigenvalue weighted by Gasteiger charge is 2.28. The van der Waals surface area contributed by atoms with Crippen LogP contribution in [0.5, 0.6) is 0 Å². The van der Waals surface area contributed by atoms with Crippen molar-refractivity contribution in [3.05, 3.63) is 48.6 Å². The first kappa shape index (κ1) is 58.9. The number of allylic oxidation sites excluding steroid dienone is 8. The van der Waals surface area contributed by atoms with E-state index in [2.05, 4.69) is 88.4 Å². The molecule has 0 aromatic heterocycles. The fourth-order valence-electron chi connectivity index (χ4n) is 7.86. The van der Waals surface area contributed by atoms with Crippen molar-refractivity contribution >= 4 is 11.9 Å². The Kier molecular flexibility index (Phi) is 47.2. The van der Waals surface area contributed by atoms with Crippen LogP contribution in [-0.4, -0.2) is 49.7 Å². The lowest BCUT2D eigenvalue weighted by Crippen LogP contribution is -2.35. The third-order valence-electron chi connectivity index (χ3n) is 11.8. The van der Waals surface area contributed by atoms with E-state index in [1.54, 1.807) is 0 Å². The van der Waals surface area contributed by atoms with Crippen LogP contribution < -0.4 is 0 Å². The molecule has 0 rings (SSSR count). The molecule has 356 valence electrons. The van der Waals surface area contributed by atoms with Crippen LogP contribution in [0.4, 0.5) is 0 Å². The standard InChI is InChI=1S/C56H103NO4/c1-6-9-12-15-18-20-22-24-26-28-30-32-34-40-45-50-55(58)60-53(48-43-38-17-14-11-8-3)54(49-44-39-36-37-42-47-52-57(4)5)61-56(59)51-46-41-35-33-31-29-27-25-23-21-19-16-13-10-7-2/h18-21,24-27,53-54H,6-17,22-23,28-52H2,1-5H3/b20-18-,21-19-,26-24-,27-25-/t53-,54+/m1/s1. The molecule has 0 radical (unpaired) electrons. The van der Waals surface area contributed by atoms with Crippen LogP contribution in [0.3, 0.4) is 0 Å². The Labute approximate surface area is 380 Å². The molecule has 0 aromatic rings. The Hall–Kier alpha value is -2.14. The quantitative estimate of drug-likeness (QED) is 0.0347. The number of unbranched alkanes of at least 4 members (excludes halogenated alkanes) is 26. The Morgan fingerprint density at radius 3 is 1.05 bits per heavy atom. The lowest BCUT2D eigenvalue weighted by Gasteiger charge is -2.27. The predicted octanol–water partition coefficient (Wildman–Crippen LogP) is 17.5. The molecule has 0 aromatic carbocycles. The molecule has 0 aliphatic carbocycles. The zero-order chi connectivity index (χ0) is 44.5. The number of ether oxygens (including phenoxy) is 2. The average Bonchev–Trinajstić information content (AvgIpc) is 3.24. The maximum absolute atomic E-state index is 13.3. The smallest absolute Gasteiger partial charge is 0.306 e. The number of rotatable bonds is 47. The molecular weight excluding hydrogens is 751 g/mol. The lowest BCUT2D eigenvalue weighted by molar-refractivity contribution is -0.169. The van der Waals surface area contributed by atoms with Gasteiger partial charge in [0.15, 0.2) is 0 Å². The number of esters is 2. The molecule has 0 aliphatic heterocycles. The fraction of sp³-hybridized carbons (Fsp3) is 0.821. The third-order valence-corrected chi connectivity index (χ3v) is 11.8. The van der Waals surface area contributed by atoms with Crippen molar-refractivity contribution in [2.75, 3.05) is 20.6 Å². The number of carbonyl (C=O) groups excluding carboxylic acids is 2. The number of hydrogen-bond acceptors (Lipinski definition) is 5. The summed E-state index contributed by atoms with van der Waals surface area (Å²) in [5, 5.41) is 0. The normalized spacial score (nSPS) is 13.1. The van der Waals surface area contributed by atoms with Crippen molar-refractivity contribution in [3.8, 4) is 0 Å². The van der Waals surface area contributed by atoms with E-state index in [1.807, 2.05) is 0 Å². The van der Waals surface area contributed by atoms with Gasteiger partial charge in [0.1, 0.15) is 12.2 Å². The van der Waals surface area contributed by atoms with Crippen molar-refractivity contribution < 1.29 is 19.1 Å². The second-order valence-corrected chi connectivity index (χ2v) is 18.3. The molecule has 5 nitrogen and oxygen atoms in total. The molecule has 0 unspecified atom stereocenters. The van der Waals surface area contributed by atoms with Gasteiger partial charge in [-0.25, -0.2) is 0 Å². The molecule has 61 heavy (non-hydrogen) atoms. The first-order valence-electron chi connectivity index (χ1n) is 26.6. The predicted molar refractivity (Wildman–Crippen MR) is 267 cm³/mol. The summed E-state index contributed by atoms with van der Waals surface area (Å²) >= 11 is 0. The molecular formula is C56H103NO4. The van der Waals surface area contributed by atoms with Gasteiger partial charge in [0.2, 0.25) is 0 Å². The summed E-state index contributed by atoms with van der Waals surface area (Å²) in [6.45, 7) is 7.90. The average molecular weight is 854 g/mol. The first-order chi connectivity index (χ1) is 29.9. The van der Waals surface area contributed by atoms with Gasteiger partial charge >= 0.3 is 11.9 Å². The van der Waals surface area contributed by atoms with Gasteiger partial charge < -0.3 is 14.4 Å². The van der Waals surface area contributed by atoms with Crippen molar-refractivity contribution in [2.45, 2.75) is 277 Å². The lowest BCUT2D eigenvalue weighted by atomic mass is 9.98. The van der Waals surface area contributed by atoms with E-state index in [0.29, 0.717) is 12.8 Å². The van der Waals surface area contributed by atoms with Crippen LogP contribution in [-0.2, 0) is 19.1 Å². The Morgan fingerprint density at radius 1 is 0.377 bits per heavy atom. The van der Waals surface area contributed by atoms with E-state index >= 15 is 0 Å². The Balaban J connectivity index is 4.97. The van der Waals surface area contributed by atoms with Crippen molar-refractivity contribution in [3.63, 3.8) is 0 Å². The van der Waals surface area contributed by atoms with E-state index < -0.39 is 0 Å². The largest absolute Gasteiger partial charge is 0.458 e. The second kappa shape index (κ2) is 48.9. The van der Waals surface area contributed by atoms with Gasteiger partial charge in [-0.3, -0.25) is 9.59 Å². The number of nitrogens with zero attached hydrogens (tertiary/aromatic N) is 1. The highest BCUT2D eigenvalue weighted by atomic mass is 16.6. The van der Waals surface area contributed by atoms with Crippen LogP contribution in [0.15, 0.2) is 48.6 Å². The molecule has 0 spiro atoms. The van der Waals surface area contributed by atoms with Crippen LogP contribution in [0.25, 0.3) is 0 Å². The van der Waals surface area contributed by atoms with Crippen LogP contribution in [0.1, 0.15) is 265 Å². The van der Waals surface area contributed by atoms with Crippen molar-refractivity contribution in [2.24, 2.45) is 0 Å². The molecule has 0 amide bonds. The summed E-state index contributed by atoms with van der Waals surface area (Å²) in [6, 6.07) is 0. The fourth-order valence-corrected chi connectivity index (χ4v) is 7.86. The molecule has 0 N–H and O–H groups in total. The highest BCUT2D eigenvalue weighted by molar-refractivity contribution is 5.70. The molecule has 0 bridgehead atoms. The molecule has 0 heterocycles. The zero-order valence-corrected chi connectivity index (χ0v) is 41.4. The molecule has 5 heteroatoms. The van der Waals surface area contributed by atoms with Gasteiger partial charge in [-0.2, -0.15) is 0 Å². The molecule has 2 atom stereocenters. The van der Waals surface area contributed by atoms with Crippen LogP contribution >= 0.6 is 0 Å². The van der Waals surface area contributed by atoms with E-state index in [1.165, 1.54) is 128 Å². The van der Waals surface area contributed by atoms with Gasteiger partial charge in [-0.15, -0.1) is 0 Å². The van der Waals surface area contributed by atoms with Gasteiger partial charge in [-0.05, 0) is 130 Å². The van der Waals surface area contributed by atoms with Crippen LogP contribution in [0.2, 0.25) is 0 Å². The molecule has 0 saturated carbocycles. The van der Waals surface area contributed by atoms with Crippen LogP contribution in [0, 0.1) is 0 Å². The summed E-state index contributed by atoms with van der Waals surface area (Å²) in [4.78, 5) is 28.9. The Morgan fingerprint density at radius 2 is 0.672 bits per heavy atom. The van der Waals surface area contributed by atoms with E-state index in [-0.39, 0.29) is 24.1 Å². The second-order valence-electron chi connectivity index (χ2n) is 18.3. The van der Waals surface area contributed by atoms with E-state index in [4.69, 9.17) is 9.47 Å². The third kappa shape index (κ3) is 45.7.